The van der Waals surface area contributed by atoms with Gasteiger partial charge >= 0.3 is 0 Å². The van der Waals surface area contributed by atoms with Gasteiger partial charge in [0.2, 0.25) is 10.0 Å². The van der Waals surface area contributed by atoms with Gasteiger partial charge < -0.3 is 10.1 Å². The van der Waals surface area contributed by atoms with Crippen molar-refractivity contribution in [2.24, 2.45) is 0 Å². The molecule has 0 amide bonds. The van der Waals surface area contributed by atoms with Gasteiger partial charge in [-0.3, -0.25) is 0 Å². The molecule has 0 bridgehead atoms. The third-order valence-electron chi connectivity index (χ3n) is 2.31. The average Bonchev–Trinajstić information content (AvgIpc) is 2.34. The Morgan fingerprint density at radius 3 is 2.50 bits per heavy atom. The van der Waals surface area contributed by atoms with Gasteiger partial charge in [0.15, 0.2) is 0 Å². The van der Waals surface area contributed by atoms with Gasteiger partial charge in [-0.15, -0.1) is 0 Å². The largest absolute Gasteiger partial charge is 0.383 e. The number of hydrogen-bond donors (Lipinski definition) is 2. The molecular formula is C12H20N2O3S. The standard InChI is InChI=1S/C12H20N2O3S/c1-17-10-9-13-7-8-14-18(15,16)11-12-5-3-2-4-6-12/h2-6,13-14H,7-11H2,1H3. The molecule has 0 fully saturated rings. The molecule has 0 saturated heterocycles. The highest BCUT2D eigenvalue weighted by Crippen LogP contribution is 2.03. The maximum Gasteiger partial charge on any atom is 0.215 e. The molecule has 0 aliphatic heterocycles. The first-order valence-corrected chi connectivity index (χ1v) is 7.50. The number of ether oxygens (including phenoxy) is 1. The van der Waals surface area contributed by atoms with Gasteiger partial charge in [-0.1, -0.05) is 30.3 Å². The molecule has 0 atom stereocenters. The van der Waals surface area contributed by atoms with Crippen LogP contribution in [0.25, 0.3) is 0 Å². The van der Waals surface area contributed by atoms with E-state index in [1.165, 1.54) is 0 Å². The van der Waals surface area contributed by atoms with Crippen LogP contribution in [-0.4, -0.2) is 41.8 Å². The molecule has 5 nitrogen and oxygen atoms in total. The molecule has 18 heavy (non-hydrogen) atoms. The summed E-state index contributed by atoms with van der Waals surface area (Å²) in [5, 5.41) is 3.07. The fourth-order valence-electron chi connectivity index (χ4n) is 1.44. The van der Waals surface area contributed by atoms with Crippen LogP contribution in [0.2, 0.25) is 0 Å². The van der Waals surface area contributed by atoms with Crippen LogP contribution >= 0.6 is 0 Å². The van der Waals surface area contributed by atoms with Gasteiger partial charge in [-0.2, -0.15) is 0 Å². The smallest absolute Gasteiger partial charge is 0.215 e. The molecule has 1 rings (SSSR count). The molecule has 1 aromatic carbocycles. The lowest BCUT2D eigenvalue weighted by atomic mass is 10.2. The Balaban J connectivity index is 2.24. The number of rotatable bonds is 9. The highest BCUT2D eigenvalue weighted by molar-refractivity contribution is 7.88. The number of hydrogen-bond acceptors (Lipinski definition) is 4. The van der Waals surface area contributed by atoms with Crippen LogP contribution in [0.15, 0.2) is 30.3 Å². The van der Waals surface area contributed by atoms with Crippen molar-refractivity contribution < 1.29 is 13.2 Å². The minimum atomic E-state index is -3.25. The lowest BCUT2D eigenvalue weighted by Crippen LogP contribution is -2.33. The normalized spacial score (nSPS) is 11.6. The molecule has 0 aliphatic rings. The molecule has 6 heteroatoms. The molecule has 0 saturated carbocycles. The third kappa shape index (κ3) is 6.70. The Morgan fingerprint density at radius 1 is 1.11 bits per heavy atom. The Labute approximate surface area is 109 Å². The van der Waals surface area contributed by atoms with E-state index >= 15 is 0 Å². The second-order valence-electron chi connectivity index (χ2n) is 3.88. The molecular weight excluding hydrogens is 252 g/mol. The van der Waals surface area contributed by atoms with Crippen molar-refractivity contribution in [3.05, 3.63) is 35.9 Å². The van der Waals surface area contributed by atoms with Crippen LogP contribution in [0.4, 0.5) is 0 Å². The Bertz CT molecular complexity index is 420. The Hall–Kier alpha value is -0.950. The predicted molar refractivity (Wildman–Crippen MR) is 71.8 cm³/mol. The van der Waals surface area contributed by atoms with E-state index in [2.05, 4.69) is 10.0 Å². The fraction of sp³-hybridized carbons (Fsp3) is 0.500. The van der Waals surface area contributed by atoms with Crippen LogP contribution in [0, 0.1) is 0 Å². The summed E-state index contributed by atoms with van der Waals surface area (Å²) in [7, 11) is -1.62. The zero-order valence-electron chi connectivity index (χ0n) is 10.6. The summed E-state index contributed by atoms with van der Waals surface area (Å²) in [4.78, 5) is 0. The van der Waals surface area contributed by atoms with E-state index in [0.717, 1.165) is 12.1 Å². The zero-order valence-corrected chi connectivity index (χ0v) is 11.4. The fourth-order valence-corrected chi connectivity index (χ4v) is 2.59. The van der Waals surface area contributed by atoms with Crippen LogP contribution in [-0.2, 0) is 20.5 Å². The molecule has 0 heterocycles. The summed E-state index contributed by atoms with van der Waals surface area (Å²) in [6, 6.07) is 9.13. The van der Waals surface area contributed by atoms with Gasteiger partial charge in [0, 0.05) is 26.7 Å². The highest BCUT2D eigenvalue weighted by atomic mass is 32.2. The SMILES string of the molecule is COCCNCCNS(=O)(=O)Cc1ccccc1. The molecule has 2 N–H and O–H groups in total. The first-order valence-electron chi connectivity index (χ1n) is 5.85. The van der Waals surface area contributed by atoms with Gasteiger partial charge in [0.1, 0.15) is 0 Å². The Morgan fingerprint density at radius 2 is 1.83 bits per heavy atom. The predicted octanol–water partition coefficient (Wildman–Crippen LogP) is 0.342. The summed E-state index contributed by atoms with van der Waals surface area (Å²) in [5.41, 5.74) is 0.789. The van der Waals surface area contributed by atoms with Gasteiger partial charge in [-0.05, 0) is 5.56 Å². The summed E-state index contributed by atoms with van der Waals surface area (Å²) in [5.74, 6) is 0.0198. The average molecular weight is 272 g/mol. The van der Waals surface area contributed by atoms with Crippen LogP contribution in [0.3, 0.4) is 0 Å². The first kappa shape index (κ1) is 15.1. The molecule has 0 spiro atoms. The highest BCUT2D eigenvalue weighted by Gasteiger charge is 2.09. The first-order chi connectivity index (χ1) is 8.64. The number of benzene rings is 1. The number of sulfonamides is 1. The van der Waals surface area contributed by atoms with Gasteiger partial charge in [0.05, 0.1) is 12.4 Å². The van der Waals surface area contributed by atoms with Crippen molar-refractivity contribution in [1.82, 2.24) is 10.0 Å². The summed E-state index contributed by atoms with van der Waals surface area (Å²) in [6.07, 6.45) is 0. The maximum absolute atomic E-state index is 11.7. The van der Waals surface area contributed by atoms with Crippen LogP contribution in [0.5, 0.6) is 0 Å². The van der Waals surface area contributed by atoms with Crippen molar-refractivity contribution in [1.29, 1.82) is 0 Å². The van der Waals surface area contributed by atoms with E-state index < -0.39 is 10.0 Å². The summed E-state index contributed by atoms with van der Waals surface area (Å²) < 4.78 is 30.9. The summed E-state index contributed by atoms with van der Waals surface area (Å²) >= 11 is 0. The number of nitrogens with one attached hydrogen (secondary N) is 2. The van der Waals surface area contributed by atoms with E-state index in [9.17, 15) is 8.42 Å². The van der Waals surface area contributed by atoms with Crippen molar-refractivity contribution in [2.75, 3.05) is 33.4 Å². The second kappa shape index (κ2) is 8.20. The second-order valence-corrected chi connectivity index (χ2v) is 5.69. The van der Waals surface area contributed by atoms with E-state index in [-0.39, 0.29) is 5.75 Å². The van der Waals surface area contributed by atoms with E-state index in [1.54, 1.807) is 19.2 Å². The van der Waals surface area contributed by atoms with Gasteiger partial charge in [-0.25, -0.2) is 13.1 Å². The van der Waals surface area contributed by atoms with Gasteiger partial charge in [0.25, 0.3) is 0 Å². The maximum atomic E-state index is 11.7. The quantitative estimate of drug-likeness (QED) is 0.636. The molecule has 0 aromatic heterocycles. The van der Waals surface area contributed by atoms with Crippen molar-refractivity contribution in [3.8, 4) is 0 Å². The molecule has 0 radical (unpaired) electrons. The molecule has 1 aromatic rings. The lowest BCUT2D eigenvalue weighted by molar-refractivity contribution is 0.199. The van der Waals surface area contributed by atoms with Crippen molar-refractivity contribution >= 4 is 10.0 Å². The van der Waals surface area contributed by atoms with Crippen molar-refractivity contribution in [3.63, 3.8) is 0 Å². The van der Waals surface area contributed by atoms with Crippen molar-refractivity contribution in [2.45, 2.75) is 5.75 Å². The van der Waals surface area contributed by atoms with E-state index in [1.807, 2.05) is 18.2 Å². The third-order valence-corrected chi connectivity index (χ3v) is 3.66. The van der Waals surface area contributed by atoms with Crippen LogP contribution in [0.1, 0.15) is 5.56 Å². The lowest BCUT2D eigenvalue weighted by Gasteiger charge is -2.07. The zero-order chi connectivity index (χ0) is 13.3. The number of methoxy groups -OCH3 is 1. The van der Waals surface area contributed by atoms with E-state index in [4.69, 9.17) is 4.74 Å². The molecule has 0 unspecified atom stereocenters. The topological polar surface area (TPSA) is 67.4 Å². The monoisotopic (exact) mass is 272 g/mol. The molecule has 0 aliphatic carbocycles. The Kier molecular flexibility index (Phi) is 6.89. The summed E-state index contributed by atoms with van der Waals surface area (Å²) in [6.45, 7) is 2.32. The van der Waals surface area contributed by atoms with Crippen LogP contribution < -0.4 is 10.0 Å². The minimum absolute atomic E-state index is 0.0198. The van der Waals surface area contributed by atoms with E-state index in [0.29, 0.717) is 19.7 Å². The minimum Gasteiger partial charge on any atom is -0.383 e. The molecule has 102 valence electrons.